The molecule has 2 heterocycles. The minimum Gasteiger partial charge on any atom is -0.480 e. The van der Waals surface area contributed by atoms with Crippen molar-refractivity contribution >= 4 is 22.3 Å². The summed E-state index contributed by atoms with van der Waals surface area (Å²) in [5.41, 5.74) is 0. The number of rotatable bonds is 5. The molecule has 1 aliphatic rings. The van der Waals surface area contributed by atoms with Crippen LogP contribution in [-0.2, 0) is 4.79 Å². The van der Waals surface area contributed by atoms with Crippen LogP contribution < -0.4 is 0 Å². The van der Waals surface area contributed by atoms with Crippen LogP contribution in [0.5, 0.6) is 0 Å². The van der Waals surface area contributed by atoms with E-state index in [4.69, 9.17) is 0 Å². The van der Waals surface area contributed by atoms with E-state index in [1.54, 1.807) is 6.07 Å². The van der Waals surface area contributed by atoms with Crippen LogP contribution in [0.2, 0.25) is 0 Å². The molecule has 2 atom stereocenters. The first kappa shape index (κ1) is 14.9. The molecule has 6 nitrogen and oxygen atoms in total. The lowest BCUT2D eigenvalue weighted by Gasteiger charge is -2.38. The second-order valence-electron chi connectivity index (χ2n) is 4.97. The van der Waals surface area contributed by atoms with Crippen molar-refractivity contribution in [1.82, 2.24) is 4.90 Å². The van der Waals surface area contributed by atoms with Gasteiger partial charge < -0.3 is 5.11 Å². The maximum absolute atomic E-state index is 11.6. The fraction of sp³-hybridized carbons (Fsp3) is 0.615. The number of piperidine rings is 1. The number of carboxylic acid groups (broad SMARTS) is 1. The topological polar surface area (TPSA) is 83.7 Å². The summed E-state index contributed by atoms with van der Waals surface area (Å²) < 4.78 is 0. The molecule has 1 N–H and O–H groups in total. The van der Waals surface area contributed by atoms with Gasteiger partial charge >= 0.3 is 11.0 Å². The van der Waals surface area contributed by atoms with Gasteiger partial charge in [-0.25, -0.2) is 0 Å². The molecule has 0 spiro atoms. The van der Waals surface area contributed by atoms with E-state index < -0.39 is 16.9 Å². The molecule has 0 amide bonds. The van der Waals surface area contributed by atoms with Gasteiger partial charge in [-0.1, -0.05) is 24.7 Å². The van der Waals surface area contributed by atoms with Crippen molar-refractivity contribution in [2.24, 2.45) is 0 Å². The summed E-state index contributed by atoms with van der Waals surface area (Å²) in [7, 11) is 0. The van der Waals surface area contributed by atoms with E-state index in [0.717, 1.165) is 43.6 Å². The molecule has 2 unspecified atom stereocenters. The molecule has 0 bridgehead atoms. The van der Waals surface area contributed by atoms with Crippen molar-refractivity contribution in [2.45, 2.75) is 44.7 Å². The first-order chi connectivity index (χ1) is 9.54. The second-order valence-corrected chi connectivity index (χ2v) is 6.06. The average Bonchev–Trinajstić information content (AvgIpc) is 2.89. The maximum atomic E-state index is 11.6. The van der Waals surface area contributed by atoms with Gasteiger partial charge in [-0.15, -0.1) is 0 Å². The Morgan fingerprint density at radius 1 is 1.60 bits per heavy atom. The highest BCUT2D eigenvalue weighted by Crippen LogP contribution is 2.36. The van der Waals surface area contributed by atoms with E-state index in [1.807, 2.05) is 4.90 Å². The van der Waals surface area contributed by atoms with Crippen LogP contribution >= 0.6 is 11.3 Å². The monoisotopic (exact) mass is 298 g/mol. The van der Waals surface area contributed by atoms with Crippen molar-refractivity contribution < 1.29 is 14.8 Å². The quantitative estimate of drug-likeness (QED) is 0.667. The van der Waals surface area contributed by atoms with E-state index >= 15 is 0 Å². The Hall–Kier alpha value is -1.47. The second kappa shape index (κ2) is 6.32. The maximum Gasteiger partial charge on any atom is 0.326 e. The third-order valence-corrected chi connectivity index (χ3v) is 4.86. The highest BCUT2D eigenvalue weighted by atomic mass is 32.1. The van der Waals surface area contributed by atoms with Crippen molar-refractivity contribution in [3.63, 3.8) is 0 Å². The van der Waals surface area contributed by atoms with Gasteiger partial charge in [0, 0.05) is 17.0 Å². The number of carboxylic acids is 1. The molecule has 2 rings (SSSR count). The zero-order valence-electron chi connectivity index (χ0n) is 11.3. The highest BCUT2D eigenvalue weighted by molar-refractivity contribution is 7.15. The van der Waals surface area contributed by atoms with Gasteiger partial charge in [0.1, 0.15) is 6.04 Å². The number of likely N-dealkylation sites (tertiary alicyclic amines) is 1. The number of aliphatic carboxylic acids is 1. The smallest absolute Gasteiger partial charge is 0.326 e. The van der Waals surface area contributed by atoms with Crippen molar-refractivity contribution in [2.75, 3.05) is 6.54 Å². The zero-order valence-corrected chi connectivity index (χ0v) is 12.1. The Balaban J connectivity index is 2.29. The fourth-order valence-corrected chi connectivity index (χ4v) is 3.75. The van der Waals surface area contributed by atoms with E-state index in [9.17, 15) is 20.0 Å². The van der Waals surface area contributed by atoms with Gasteiger partial charge in [-0.05, 0) is 31.9 Å². The minimum atomic E-state index is -0.929. The Morgan fingerprint density at radius 3 is 2.90 bits per heavy atom. The fourth-order valence-electron chi connectivity index (χ4n) is 2.82. The lowest BCUT2D eigenvalue weighted by molar-refractivity contribution is -0.380. The number of nitro groups is 1. The van der Waals surface area contributed by atoms with E-state index in [2.05, 4.69) is 6.92 Å². The van der Waals surface area contributed by atoms with Gasteiger partial charge in [-0.3, -0.25) is 19.8 Å². The SMILES string of the molecule is CCC1CCCCN1C(C(=O)O)c1ccc([N+](=O)[O-])s1. The first-order valence-electron chi connectivity index (χ1n) is 6.77. The third-order valence-electron chi connectivity index (χ3n) is 3.77. The molecule has 1 aromatic heterocycles. The first-order valence-corrected chi connectivity index (χ1v) is 7.59. The van der Waals surface area contributed by atoms with Gasteiger partial charge in [-0.2, -0.15) is 0 Å². The highest BCUT2D eigenvalue weighted by Gasteiger charge is 2.35. The van der Waals surface area contributed by atoms with Crippen molar-refractivity contribution in [3.05, 3.63) is 27.1 Å². The Morgan fingerprint density at radius 2 is 2.35 bits per heavy atom. The summed E-state index contributed by atoms with van der Waals surface area (Å²) in [5.74, 6) is -0.929. The third kappa shape index (κ3) is 2.99. The molecular formula is C13H18N2O4S. The van der Waals surface area contributed by atoms with Crippen LogP contribution in [0.25, 0.3) is 0 Å². The number of hydrogen-bond donors (Lipinski definition) is 1. The van der Waals surface area contributed by atoms with Crippen molar-refractivity contribution in [3.8, 4) is 0 Å². The van der Waals surface area contributed by atoms with Crippen molar-refractivity contribution in [1.29, 1.82) is 0 Å². The predicted octanol–water partition coefficient (Wildman–Crippen LogP) is 3.05. The molecule has 0 saturated carbocycles. The Bertz CT molecular complexity index is 502. The van der Waals surface area contributed by atoms with Crippen LogP contribution in [0, 0.1) is 10.1 Å². The summed E-state index contributed by atoms with van der Waals surface area (Å²) in [5, 5.41) is 20.3. The molecule has 0 aliphatic carbocycles. The van der Waals surface area contributed by atoms with Gasteiger partial charge in [0.05, 0.1) is 4.92 Å². The minimum absolute atomic E-state index is 0.00342. The molecular weight excluding hydrogens is 280 g/mol. The number of nitrogens with zero attached hydrogens (tertiary/aromatic N) is 2. The lowest BCUT2D eigenvalue weighted by Crippen LogP contribution is -2.44. The van der Waals surface area contributed by atoms with Gasteiger partial charge in [0.15, 0.2) is 0 Å². The molecule has 0 radical (unpaired) electrons. The van der Waals surface area contributed by atoms with E-state index in [1.165, 1.54) is 6.07 Å². The van der Waals surface area contributed by atoms with Gasteiger partial charge in [0.25, 0.3) is 0 Å². The summed E-state index contributed by atoms with van der Waals surface area (Å²) in [6.45, 7) is 2.79. The molecule has 1 saturated heterocycles. The van der Waals surface area contributed by atoms with Crippen LogP contribution in [-0.4, -0.2) is 33.5 Å². The molecule has 1 fully saturated rings. The largest absolute Gasteiger partial charge is 0.480 e. The lowest BCUT2D eigenvalue weighted by atomic mass is 9.97. The number of carbonyl (C=O) groups is 1. The molecule has 110 valence electrons. The Labute approximate surface area is 121 Å². The number of hydrogen-bond acceptors (Lipinski definition) is 5. The molecule has 1 aliphatic heterocycles. The molecule has 20 heavy (non-hydrogen) atoms. The summed E-state index contributed by atoms with van der Waals surface area (Å²) >= 11 is 0.962. The summed E-state index contributed by atoms with van der Waals surface area (Å²) in [6, 6.07) is 2.44. The molecule has 0 aromatic carbocycles. The summed E-state index contributed by atoms with van der Waals surface area (Å²) in [4.78, 5) is 24.5. The molecule has 7 heteroatoms. The average molecular weight is 298 g/mol. The zero-order chi connectivity index (χ0) is 14.7. The van der Waals surface area contributed by atoms with E-state index in [0.29, 0.717) is 4.88 Å². The summed E-state index contributed by atoms with van der Waals surface area (Å²) in [6.07, 6.45) is 3.99. The van der Waals surface area contributed by atoms with E-state index in [-0.39, 0.29) is 11.0 Å². The standard InChI is InChI=1S/C13H18N2O4S/c1-2-9-5-3-4-8-14(9)12(13(16)17)10-6-7-11(20-10)15(18)19/h6-7,9,12H,2-5,8H2,1H3,(H,16,17). The van der Waals surface area contributed by atoms with Crippen LogP contribution in [0.3, 0.4) is 0 Å². The normalized spacial score (nSPS) is 21.6. The van der Waals surface area contributed by atoms with Crippen LogP contribution in [0.1, 0.15) is 43.5 Å². The van der Waals surface area contributed by atoms with Gasteiger partial charge in [0.2, 0.25) is 0 Å². The predicted molar refractivity (Wildman–Crippen MR) is 76.0 cm³/mol. The van der Waals surface area contributed by atoms with Crippen LogP contribution in [0.4, 0.5) is 5.00 Å². The molecule has 1 aromatic rings. The Kier molecular flexibility index (Phi) is 4.72. The number of thiophene rings is 1. The van der Waals surface area contributed by atoms with Crippen LogP contribution in [0.15, 0.2) is 12.1 Å².